The molecule has 5 aliphatic carbocycles. The molecule has 0 atom stereocenters. The molecule has 4 saturated carbocycles. The van der Waals surface area contributed by atoms with E-state index in [9.17, 15) is 0 Å². The second-order valence-electron chi connectivity index (χ2n) is 18.6. The third kappa shape index (κ3) is 5.70. The van der Waals surface area contributed by atoms with Crippen LogP contribution >= 0.6 is 0 Å². The van der Waals surface area contributed by atoms with Gasteiger partial charge in [-0.05, 0) is 154 Å². The van der Waals surface area contributed by atoms with Crippen LogP contribution in [0, 0.1) is 23.7 Å². The molecule has 0 aliphatic heterocycles. The normalized spacial score (nSPS) is 22.7. The summed E-state index contributed by atoms with van der Waals surface area (Å²) >= 11 is 0. The Morgan fingerprint density at radius 3 is 1.37 bits per heavy atom. The lowest BCUT2D eigenvalue weighted by Gasteiger charge is -2.61. The Morgan fingerprint density at radius 2 is 0.825 bits per heavy atom. The van der Waals surface area contributed by atoms with Gasteiger partial charge in [0.05, 0.1) is 8.07 Å². The standard InChI is InChI=1S/C55H51NSi/c1-57(2,3)50-28-26-49(27-29-50)56(47-22-17-41(18-23-47)39-9-5-4-6-10-39)48-24-19-42(20-25-48)40-13-15-43(16-14-40)44-21-30-54-52(36-44)51-11-7-8-12-53(51)55(54)45-32-37-31-38(34-45)35-46(55)33-37/h4-30,36-38,45-46H,31-35H2,1-3H3. The van der Waals surface area contributed by atoms with Gasteiger partial charge in [-0.1, -0.05) is 152 Å². The van der Waals surface area contributed by atoms with Gasteiger partial charge in [-0.25, -0.2) is 0 Å². The molecule has 0 unspecified atom stereocenters. The van der Waals surface area contributed by atoms with Gasteiger partial charge in [-0.15, -0.1) is 0 Å². The van der Waals surface area contributed by atoms with Gasteiger partial charge in [0.25, 0.3) is 0 Å². The minimum atomic E-state index is -1.42. The van der Waals surface area contributed by atoms with Crippen molar-refractivity contribution in [3.63, 3.8) is 0 Å². The summed E-state index contributed by atoms with van der Waals surface area (Å²) in [5.74, 6) is 3.53. The fraction of sp³-hybridized carbons (Fsp3) is 0.236. The predicted molar refractivity (Wildman–Crippen MR) is 244 cm³/mol. The molecule has 1 spiro atoms. The largest absolute Gasteiger partial charge is 0.311 e. The van der Waals surface area contributed by atoms with E-state index >= 15 is 0 Å². The van der Waals surface area contributed by atoms with E-state index in [2.05, 4.69) is 194 Å². The van der Waals surface area contributed by atoms with Gasteiger partial charge in [-0.3, -0.25) is 0 Å². The van der Waals surface area contributed by atoms with Crippen LogP contribution in [-0.2, 0) is 5.41 Å². The van der Waals surface area contributed by atoms with Crippen molar-refractivity contribution in [3.05, 3.63) is 181 Å². The van der Waals surface area contributed by atoms with Gasteiger partial charge in [-0.2, -0.15) is 0 Å². The highest BCUT2D eigenvalue weighted by molar-refractivity contribution is 6.88. The first-order chi connectivity index (χ1) is 27.8. The molecule has 2 heteroatoms. The maximum Gasteiger partial charge on any atom is 0.0775 e. The number of nitrogens with zero attached hydrogens (tertiary/aromatic N) is 1. The fourth-order valence-corrected chi connectivity index (χ4v) is 13.2. The summed E-state index contributed by atoms with van der Waals surface area (Å²) in [6.45, 7) is 7.24. The van der Waals surface area contributed by atoms with Crippen LogP contribution < -0.4 is 10.1 Å². The van der Waals surface area contributed by atoms with Gasteiger partial charge in [0.1, 0.15) is 0 Å². The van der Waals surface area contributed by atoms with Crippen molar-refractivity contribution < 1.29 is 0 Å². The highest BCUT2D eigenvalue weighted by Crippen LogP contribution is 2.69. The van der Waals surface area contributed by atoms with E-state index in [0.717, 1.165) is 35.0 Å². The highest BCUT2D eigenvalue weighted by Gasteiger charge is 2.61. The van der Waals surface area contributed by atoms with Crippen molar-refractivity contribution in [2.75, 3.05) is 4.90 Å². The number of benzene rings is 7. The van der Waals surface area contributed by atoms with E-state index in [0.29, 0.717) is 0 Å². The lowest BCUT2D eigenvalue weighted by atomic mass is 9.43. The van der Waals surface area contributed by atoms with Crippen LogP contribution in [0.15, 0.2) is 170 Å². The zero-order chi connectivity index (χ0) is 38.3. The van der Waals surface area contributed by atoms with E-state index < -0.39 is 8.07 Å². The molecule has 0 saturated heterocycles. The molecule has 280 valence electrons. The van der Waals surface area contributed by atoms with Crippen molar-refractivity contribution in [2.45, 2.75) is 57.2 Å². The molecule has 0 amide bonds. The molecule has 0 radical (unpaired) electrons. The summed E-state index contributed by atoms with van der Waals surface area (Å²) < 4.78 is 0. The smallest absolute Gasteiger partial charge is 0.0775 e. The Balaban J connectivity index is 0.892. The van der Waals surface area contributed by atoms with Crippen LogP contribution in [-0.4, -0.2) is 8.07 Å². The van der Waals surface area contributed by atoms with E-state index in [1.807, 2.05) is 0 Å². The van der Waals surface area contributed by atoms with Crippen LogP contribution in [0.25, 0.3) is 44.5 Å². The van der Waals surface area contributed by atoms with Crippen molar-refractivity contribution in [1.82, 2.24) is 0 Å². The van der Waals surface area contributed by atoms with Gasteiger partial charge in [0.15, 0.2) is 0 Å². The first kappa shape index (κ1) is 34.8. The van der Waals surface area contributed by atoms with Gasteiger partial charge in [0, 0.05) is 22.5 Å². The van der Waals surface area contributed by atoms with E-state index in [1.165, 1.54) is 87.5 Å². The Labute approximate surface area is 340 Å². The number of rotatable bonds is 7. The summed E-state index contributed by atoms with van der Waals surface area (Å²) in [4.78, 5) is 2.38. The molecule has 0 N–H and O–H groups in total. The second-order valence-corrected chi connectivity index (χ2v) is 23.7. The molecule has 4 fully saturated rings. The molecule has 12 rings (SSSR count). The SMILES string of the molecule is C[Si](C)(C)c1ccc(N(c2ccc(-c3ccccc3)cc2)c2ccc(-c3ccc(-c4ccc5c(c4)-c4ccccc4C54C5CC6CC(C5)CC4C6)cc3)cc2)cc1. The van der Waals surface area contributed by atoms with Crippen LogP contribution in [0.2, 0.25) is 19.6 Å². The zero-order valence-electron chi connectivity index (χ0n) is 33.5. The molecule has 7 aromatic rings. The third-order valence-electron chi connectivity index (χ3n) is 14.5. The fourth-order valence-electron chi connectivity index (χ4n) is 12.0. The summed E-state index contributed by atoms with van der Waals surface area (Å²) in [6.07, 6.45) is 7.20. The minimum Gasteiger partial charge on any atom is -0.311 e. The summed E-state index contributed by atoms with van der Waals surface area (Å²) in [6, 6.07) is 64.2. The summed E-state index contributed by atoms with van der Waals surface area (Å²) in [5, 5.41) is 1.47. The Morgan fingerprint density at radius 1 is 0.404 bits per heavy atom. The van der Waals surface area contributed by atoms with Crippen LogP contribution in [0.4, 0.5) is 17.1 Å². The molecule has 5 aliphatic rings. The number of fused-ring (bicyclic) bond motifs is 3. The molecule has 7 aromatic carbocycles. The topological polar surface area (TPSA) is 3.24 Å². The molecule has 0 heterocycles. The maximum atomic E-state index is 2.54. The first-order valence-corrected chi connectivity index (χ1v) is 24.8. The predicted octanol–water partition coefficient (Wildman–Crippen LogP) is 14.4. The van der Waals surface area contributed by atoms with E-state index in [1.54, 1.807) is 11.1 Å². The lowest BCUT2D eigenvalue weighted by molar-refractivity contribution is -0.0399. The Kier molecular flexibility index (Phi) is 8.13. The quantitative estimate of drug-likeness (QED) is 0.147. The zero-order valence-corrected chi connectivity index (χ0v) is 34.5. The first-order valence-electron chi connectivity index (χ1n) is 21.3. The average Bonchev–Trinajstić information content (AvgIpc) is 3.53. The van der Waals surface area contributed by atoms with E-state index in [4.69, 9.17) is 0 Å². The Bertz CT molecular complexity index is 2550. The molecule has 0 aromatic heterocycles. The number of hydrogen-bond acceptors (Lipinski definition) is 1. The van der Waals surface area contributed by atoms with Crippen molar-refractivity contribution >= 4 is 30.3 Å². The van der Waals surface area contributed by atoms with Gasteiger partial charge < -0.3 is 4.90 Å². The van der Waals surface area contributed by atoms with Crippen molar-refractivity contribution in [2.24, 2.45) is 23.7 Å². The van der Waals surface area contributed by atoms with Crippen LogP contribution in [0.1, 0.15) is 43.2 Å². The third-order valence-corrected chi connectivity index (χ3v) is 16.5. The van der Waals surface area contributed by atoms with Crippen LogP contribution in [0.3, 0.4) is 0 Å². The van der Waals surface area contributed by atoms with Gasteiger partial charge >= 0.3 is 0 Å². The summed E-state index contributed by atoms with van der Waals surface area (Å²) in [7, 11) is -1.42. The molecular weight excluding hydrogens is 703 g/mol. The lowest BCUT2D eigenvalue weighted by Crippen LogP contribution is -2.55. The minimum absolute atomic E-state index is 0.229. The van der Waals surface area contributed by atoms with Crippen molar-refractivity contribution in [1.29, 1.82) is 0 Å². The van der Waals surface area contributed by atoms with Gasteiger partial charge in [0.2, 0.25) is 0 Å². The average molecular weight is 754 g/mol. The molecule has 1 nitrogen and oxygen atoms in total. The number of hydrogen-bond donors (Lipinski definition) is 0. The number of anilines is 3. The molecular formula is C55H51NSi. The molecule has 4 bridgehead atoms. The second kappa shape index (κ2) is 13.3. The Hall–Kier alpha value is -5.44. The van der Waals surface area contributed by atoms with E-state index in [-0.39, 0.29) is 5.41 Å². The monoisotopic (exact) mass is 753 g/mol. The summed E-state index contributed by atoms with van der Waals surface area (Å²) in [5.41, 5.74) is 17.5. The maximum absolute atomic E-state index is 2.54. The van der Waals surface area contributed by atoms with Crippen LogP contribution in [0.5, 0.6) is 0 Å². The highest BCUT2D eigenvalue weighted by atomic mass is 28.3. The van der Waals surface area contributed by atoms with Crippen molar-refractivity contribution in [3.8, 4) is 44.5 Å². The molecule has 57 heavy (non-hydrogen) atoms.